The Morgan fingerprint density at radius 1 is 1.45 bits per heavy atom. The SMILES string of the molecule is COCCN(C)CCNC(=O)[C@H]1NCCO[C@@H]1C.Cl.Cl. The Bertz CT molecular complexity index is 260. The first-order valence-electron chi connectivity index (χ1n) is 6.45. The van der Waals surface area contributed by atoms with Crippen LogP contribution in [0.5, 0.6) is 0 Å². The number of rotatable bonds is 7. The fraction of sp³-hybridized carbons (Fsp3) is 0.917. The Balaban J connectivity index is 0. The van der Waals surface area contributed by atoms with Gasteiger partial charge in [0.15, 0.2) is 0 Å². The van der Waals surface area contributed by atoms with Crippen molar-refractivity contribution in [3.63, 3.8) is 0 Å². The third-order valence-corrected chi connectivity index (χ3v) is 3.07. The normalized spacial score (nSPS) is 21.8. The van der Waals surface area contributed by atoms with Gasteiger partial charge in [0.25, 0.3) is 0 Å². The van der Waals surface area contributed by atoms with Crippen molar-refractivity contribution in [3.8, 4) is 0 Å². The van der Waals surface area contributed by atoms with Crippen LogP contribution in [0.15, 0.2) is 0 Å². The Kier molecular flexibility index (Phi) is 14.0. The van der Waals surface area contributed by atoms with E-state index in [-0.39, 0.29) is 42.9 Å². The van der Waals surface area contributed by atoms with Gasteiger partial charge >= 0.3 is 0 Å². The van der Waals surface area contributed by atoms with Gasteiger partial charge in [-0.25, -0.2) is 0 Å². The molecule has 1 aliphatic rings. The molecule has 0 bridgehead atoms. The molecule has 1 fully saturated rings. The molecule has 1 saturated heterocycles. The molecule has 0 aromatic carbocycles. The van der Waals surface area contributed by atoms with Gasteiger partial charge in [0, 0.05) is 33.3 Å². The van der Waals surface area contributed by atoms with Gasteiger partial charge in [-0.15, -0.1) is 24.8 Å². The smallest absolute Gasteiger partial charge is 0.239 e. The minimum atomic E-state index is -0.233. The molecule has 6 nitrogen and oxygen atoms in total. The molecule has 0 aromatic rings. The summed E-state index contributed by atoms with van der Waals surface area (Å²) < 4.78 is 10.4. The standard InChI is InChI=1S/C12H25N3O3.2ClH/c1-10-11(13-5-8-18-10)12(16)14-4-6-15(2)7-9-17-3;;/h10-11,13H,4-9H2,1-3H3,(H,14,16);2*1H/t10-,11+;;/m1../s1. The monoisotopic (exact) mass is 331 g/mol. The maximum Gasteiger partial charge on any atom is 0.239 e. The zero-order valence-corrected chi connectivity index (χ0v) is 14.0. The predicted molar refractivity (Wildman–Crippen MR) is 84.1 cm³/mol. The lowest BCUT2D eigenvalue weighted by atomic mass is 10.1. The van der Waals surface area contributed by atoms with E-state index in [1.54, 1.807) is 7.11 Å². The number of halogens is 2. The number of likely N-dealkylation sites (N-methyl/N-ethyl adjacent to an activating group) is 1. The highest BCUT2D eigenvalue weighted by atomic mass is 35.5. The van der Waals surface area contributed by atoms with E-state index in [9.17, 15) is 4.79 Å². The van der Waals surface area contributed by atoms with Gasteiger partial charge in [0.2, 0.25) is 5.91 Å². The van der Waals surface area contributed by atoms with Crippen LogP contribution in [0.4, 0.5) is 0 Å². The molecular formula is C12H27Cl2N3O3. The van der Waals surface area contributed by atoms with E-state index in [1.807, 2.05) is 14.0 Å². The van der Waals surface area contributed by atoms with Gasteiger partial charge in [-0.1, -0.05) is 0 Å². The van der Waals surface area contributed by atoms with Gasteiger partial charge in [0.05, 0.1) is 19.3 Å². The number of carbonyl (C=O) groups is 1. The lowest BCUT2D eigenvalue weighted by Gasteiger charge is -2.29. The second-order valence-corrected chi connectivity index (χ2v) is 4.59. The molecule has 1 aliphatic heterocycles. The molecule has 1 amide bonds. The molecule has 2 N–H and O–H groups in total. The second-order valence-electron chi connectivity index (χ2n) is 4.59. The van der Waals surface area contributed by atoms with Crippen LogP contribution < -0.4 is 10.6 Å². The molecule has 1 heterocycles. The number of carbonyl (C=O) groups excluding carboxylic acids is 1. The van der Waals surface area contributed by atoms with E-state index >= 15 is 0 Å². The maximum atomic E-state index is 11.9. The quantitative estimate of drug-likeness (QED) is 0.682. The molecule has 1 rings (SSSR count). The van der Waals surface area contributed by atoms with Crippen molar-refractivity contribution >= 4 is 30.7 Å². The zero-order chi connectivity index (χ0) is 13.4. The summed E-state index contributed by atoms with van der Waals surface area (Å²) in [5.74, 6) is 0.0161. The van der Waals surface area contributed by atoms with Crippen molar-refractivity contribution in [3.05, 3.63) is 0 Å². The van der Waals surface area contributed by atoms with Crippen LogP contribution in [0.2, 0.25) is 0 Å². The van der Waals surface area contributed by atoms with Crippen molar-refractivity contribution in [2.75, 3.05) is 53.6 Å². The first kappa shape index (κ1) is 22.2. The van der Waals surface area contributed by atoms with Crippen LogP contribution in [0.3, 0.4) is 0 Å². The summed E-state index contributed by atoms with van der Waals surface area (Å²) >= 11 is 0. The van der Waals surface area contributed by atoms with E-state index in [1.165, 1.54) is 0 Å². The van der Waals surface area contributed by atoms with Crippen molar-refractivity contribution in [2.24, 2.45) is 0 Å². The lowest BCUT2D eigenvalue weighted by Crippen LogP contribution is -2.56. The van der Waals surface area contributed by atoms with Gasteiger partial charge in [0.1, 0.15) is 6.04 Å². The summed E-state index contributed by atoms with van der Waals surface area (Å²) in [5, 5.41) is 6.10. The first-order chi connectivity index (χ1) is 8.65. The van der Waals surface area contributed by atoms with Gasteiger partial charge in [-0.05, 0) is 14.0 Å². The summed E-state index contributed by atoms with van der Waals surface area (Å²) in [6.07, 6.45) is -0.0648. The molecule has 0 unspecified atom stereocenters. The van der Waals surface area contributed by atoms with Gasteiger partial charge in [-0.2, -0.15) is 0 Å². The number of methoxy groups -OCH3 is 1. The summed E-state index contributed by atoms with van der Waals surface area (Å²) in [6.45, 7) is 6.36. The van der Waals surface area contributed by atoms with E-state index in [0.717, 1.165) is 19.6 Å². The average molecular weight is 332 g/mol. The molecule has 0 spiro atoms. The van der Waals surface area contributed by atoms with Crippen molar-refractivity contribution < 1.29 is 14.3 Å². The molecule has 0 aromatic heterocycles. The van der Waals surface area contributed by atoms with Crippen LogP contribution in [0.25, 0.3) is 0 Å². The number of hydrogen-bond acceptors (Lipinski definition) is 5. The minimum Gasteiger partial charge on any atom is -0.383 e. The Morgan fingerprint density at radius 2 is 2.15 bits per heavy atom. The predicted octanol–water partition coefficient (Wildman–Crippen LogP) is -0.0987. The third-order valence-electron chi connectivity index (χ3n) is 3.07. The van der Waals surface area contributed by atoms with Crippen LogP contribution in [0.1, 0.15) is 6.92 Å². The van der Waals surface area contributed by atoms with Gasteiger partial charge < -0.3 is 25.0 Å². The number of nitrogens with zero attached hydrogens (tertiary/aromatic N) is 1. The molecule has 122 valence electrons. The van der Waals surface area contributed by atoms with E-state index < -0.39 is 0 Å². The highest BCUT2D eigenvalue weighted by Crippen LogP contribution is 2.03. The topological polar surface area (TPSA) is 62.8 Å². The van der Waals surface area contributed by atoms with Crippen molar-refractivity contribution in [2.45, 2.75) is 19.1 Å². The maximum absolute atomic E-state index is 11.9. The van der Waals surface area contributed by atoms with E-state index in [2.05, 4.69) is 15.5 Å². The van der Waals surface area contributed by atoms with Crippen LogP contribution in [-0.2, 0) is 14.3 Å². The Labute approximate surface area is 133 Å². The highest BCUT2D eigenvalue weighted by Gasteiger charge is 2.27. The third kappa shape index (κ3) is 8.24. The minimum absolute atomic E-state index is 0. The number of morpholine rings is 1. The Hall–Kier alpha value is -0.110. The first-order valence-corrected chi connectivity index (χ1v) is 6.45. The summed E-state index contributed by atoms with van der Waals surface area (Å²) in [4.78, 5) is 14.0. The number of ether oxygens (including phenoxy) is 2. The van der Waals surface area contributed by atoms with Crippen LogP contribution in [-0.4, -0.2) is 76.5 Å². The molecule has 2 atom stereocenters. The fourth-order valence-electron chi connectivity index (χ4n) is 1.87. The highest BCUT2D eigenvalue weighted by molar-refractivity contribution is 5.85. The number of nitrogens with one attached hydrogen (secondary N) is 2. The van der Waals surface area contributed by atoms with Crippen LogP contribution >= 0.6 is 24.8 Å². The Morgan fingerprint density at radius 3 is 2.75 bits per heavy atom. The molecule has 8 heteroatoms. The van der Waals surface area contributed by atoms with Crippen molar-refractivity contribution in [1.29, 1.82) is 0 Å². The summed E-state index contributed by atoms with van der Waals surface area (Å²) in [6, 6.07) is -0.233. The molecule has 0 saturated carbocycles. The number of amides is 1. The van der Waals surface area contributed by atoms with Gasteiger partial charge in [-0.3, -0.25) is 4.79 Å². The molecular weight excluding hydrogens is 305 g/mol. The zero-order valence-electron chi connectivity index (χ0n) is 12.4. The van der Waals surface area contributed by atoms with Crippen molar-refractivity contribution in [1.82, 2.24) is 15.5 Å². The molecule has 0 aliphatic carbocycles. The number of hydrogen-bond donors (Lipinski definition) is 2. The average Bonchev–Trinajstić information content (AvgIpc) is 2.36. The van der Waals surface area contributed by atoms with E-state index in [4.69, 9.17) is 9.47 Å². The lowest BCUT2D eigenvalue weighted by molar-refractivity contribution is -0.128. The molecule has 0 radical (unpaired) electrons. The van der Waals surface area contributed by atoms with E-state index in [0.29, 0.717) is 19.8 Å². The molecule has 20 heavy (non-hydrogen) atoms. The second kappa shape index (κ2) is 12.6. The summed E-state index contributed by atoms with van der Waals surface area (Å²) in [7, 11) is 3.70. The van der Waals surface area contributed by atoms with Crippen LogP contribution in [0, 0.1) is 0 Å². The summed E-state index contributed by atoms with van der Waals surface area (Å²) in [5.41, 5.74) is 0. The fourth-order valence-corrected chi connectivity index (χ4v) is 1.87. The largest absolute Gasteiger partial charge is 0.383 e.